The van der Waals surface area contributed by atoms with E-state index in [1.54, 1.807) is 6.07 Å². The smallest absolute Gasteiger partial charge is 0.271 e. The standard InChI is InChI=1S/C10H14ClN3O2/c11-9-7-8(14(15)16)3-4-10(9)13-6-2-1-5-12/h3-4,7,13H,1-2,5-6,12H2. The van der Waals surface area contributed by atoms with E-state index in [0.717, 1.165) is 19.4 Å². The van der Waals surface area contributed by atoms with Gasteiger partial charge in [-0.15, -0.1) is 0 Å². The molecular weight excluding hydrogens is 230 g/mol. The molecule has 3 N–H and O–H groups in total. The summed E-state index contributed by atoms with van der Waals surface area (Å²) in [6, 6.07) is 4.38. The number of nitrogens with one attached hydrogen (secondary N) is 1. The fraction of sp³-hybridized carbons (Fsp3) is 0.400. The molecule has 6 heteroatoms. The molecule has 0 aromatic heterocycles. The van der Waals surface area contributed by atoms with Crippen molar-refractivity contribution >= 4 is 23.0 Å². The quantitative estimate of drug-likeness (QED) is 0.457. The fourth-order valence-corrected chi connectivity index (χ4v) is 1.49. The molecule has 1 aromatic rings. The summed E-state index contributed by atoms with van der Waals surface area (Å²) < 4.78 is 0. The molecular formula is C10H14ClN3O2. The van der Waals surface area contributed by atoms with Gasteiger partial charge in [0.05, 0.1) is 15.6 Å². The SMILES string of the molecule is NCCCCNc1ccc([N+](=O)[O-])cc1Cl. The summed E-state index contributed by atoms with van der Waals surface area (Å²) in [5.74, 6) is 0. The second kappa shape index (κ2) is 6.30. The van der Waals surface area contributed by atoms with Gasteiger partial charge in [0.1, 0.15) is 0 Å². The number of nitro benzene ring substituents is 1. The van der Waals surface area contributed by atoms with Crippen LogP contribution >= 0.6 is 11.6 Å². The van der Waals surface area contributed by atoms with E-state index in [0.29, 0.717) is 17.3 Å². The number of hydrogen-bond acceptors (Lipinski definition) is 4. The largest absolute Gasteiger partial charge is 0.384 e. The Kier molecular flexibility index (Phi) is 5.01. The van der Waals surface area contributed by atoms with Crippen LogP contribution in [0.1, 0.15) is 12.8 Å². The summed E-state index contributed by atoms with van der Waals surface area (Å²) in [6.07, 6.45) is 1.89. The van der Waals surface area contributed by atoms with Gasteiger partial charge in [-0.1, -0.05) is 11.6 Å². The Labute approximate surface area is 98.7 Å². The number of rotatable bonds is 6. The summed E-state index contributed by atoms with van der Waals surface area (Å²) in [5, 5.41) is 13.9. The molecule has 0 amide bonds. The maximum Gasteiger partial charge on any atom is 0.271 e. The Morgan fingerprint density at radius 3 is 2.75 bits per heavy atom. The topological polar surface area (TPSA) is 81.2 Å². The number of nitrogens with zero attached hydrogens (tertiary/aromatic N) is 1. The Balaban J connectivity index is 2.57. The van der Waals surface area contributed by atoms with Crippen LogP contribution in [-0.4, -0.2) is 18.0 Å². The van der Waals surface area contributed by atoms with Crippen molar-refractivity contribution in [2.75, 3.05) is 18.4 Å². The normalized spacial score (nSPS) is 10.1. The third-order valence-electron chi connectivity index (χ3n) is 2.11. The zero-order valence-corrected chi connectivity index (χ0v) is 9.54. The average Bonchev–Trinajstić information content (AvgIpc) is 2.26. The highest BCUT2D eigenvalue weighted by atomic mass is 35.5. The van der Waals surface area contributed by atoms with Crippen molar-refractivity contribution in [3.63, 3.8) is 0 Å². The molecule has 0 fully saturated rings. The molecule has 0 saturated carbocycles. The van der Waals surface area contributed by atoms with Crippen LogP contribution in [0, 0.1) is 10.1 Å². The first-order chi connectivity index (χ1) is 7.65. The molecule has 0 atom stereocenters. The van der Waals surface area contributed by atoms with E-state index in [1.807, 2.05) is 0 Å². The van der Waals surface area contributed by atoms with E-state index < -0.39 is 4.92 Å². The van der Waals surface area contributed by atoms with E-state index in [9.17, 15) is 10.1 Å². The highest BCUT2D eigenvalue weighted by molar-refractivity contribution is 6.33. The second-order valence-electron chi connectivity index (χ2n) is 3.34. The number of hydrogen-bond donors (Lipinski definition) is 2. The minimum absolute atomic E-state index is 0.00231. The summed E-state index contributed by atoms with van der Waals surface area (Å²) in [7, 11) is 0. The summed E-state index contributed by atoms with van der Waals surface area (Å²) in [6.45, 7) is 1.42. The minimum atomic E-state index is -0.468. The van der Waals surface area contributed by atoms with E-state index in [2.05, 4.69) is 5.32 Å². The molecule has 16 heavy (non-hydrogen) atoms. The fourth-order valence-electron chi connectivity index (χ4n) is 1.25. The molecule has 0 radical (unpaired) electrons. The monoisotopic (exact) mass is 243 g/mol. The van der Waals surface area contributed by atoms with Gasteiger partial charge >= 0.3 is 0 Å². The molecule has 0 heterocycles. The molecule has 0 aliphatic heterocycles. The molecule has 0 spiro atoms. The van der Waals surface area contributed by atoms with Gasteiger partial charge in [-0.2, -0.15) is 0 Å². The van der Waals surface area contributed by atoms with Crippen molar-refractivity contribution in [3.05, 3.63) is 33.3 Å². The van der Waals surface area contributed by atoms with Crippen LogP contribution in [0.15, 0.2) is 18.2 Å². The Morgan fingerprint density at radius 1 is 1.44 bits per heavy atom. The third kappa shape index (κ3) is 3.67. The molecule has 1 aromatic carbocycles. The van der Waals surface area contributed by atoms with Gasteiger partial charge < -0.3 is 11.1 Å². The molecule has 0 aliphatic carbocycles. The van der Waals surface area contributed by atoms with Crippen molar-refractivity contribution in [1.82, 2.24) is 0 Å². The zero-order valence-electron chi connectivity index (χ0n) is 8.78. The minimum Gasteiger partial charge on any atom is -0.384 e. The summed E-state index contributed by atoms with van der Waals surface area (Å²) in [5.41, 5.74) is 6.07. The van der Waals surface area contributed by atoms with Crippen LogP contribution in [0.25, 0.3) is 0 Å². The molecule has 0 unspecified atom stereocenters. The van der Waals surface area contributed by atoms with Crippen molar-refractivity contribution in [2.24, 2.45) is 5.73 Å². The predicted molar refractivity (Wildman–Crippen MR) is 64.9 cm³/mol. The van der Waals surface area contributed by atoms with Crippen molar-refractivity contribution < 1.29 is 4.92 Å². The average molecular weight is 244 g/mol. The molecule has 1 rings (SSSR count). The number of halogens is 1. The van der Waals surface area contributed by atoms with Gasteiger partial charge in [0.25, 0.3) is 5.69 Å². The van der Waals surface area contributed by atoms with Crippen molar-refractivity contribution in [1.29, 1.82) is 0 Å². The number of nitrogens with two attached hydrogens (primary N) is 1. The Hall–Kier alpha value is -1.33. The number of benzene rings is 1. The van der Waals surface area contributed by atoms with Gasteiger partial charge in [-0.05, 0) is 25.5 Å². The Morgan fingerprint density at radius 2 is 2.19 bits per heavy atom. The Bertz CT molecular complexity index is 371. The van der Waals surface area contributed by atoms with Crippen LogP contribution in [0.3, 0.4) is 0 Å². The lowest BCUT2D eigenvalue weighted by atomic mass is 10.2. The van der Waals surface area contributed by atoms with Crippen LogP contribution < -0.4 is 11.1 Å². The van der Waals surface area contributed by atoms with E-state index in [4.69, 9.17) is 17.3 Å². The number of nitro groups is 1. The highest BCUT2D eigenvalue weighted by Gasteiger charge is 2.08. The lowest BCUT2D eigenvalue weighted by Gasteiger charge is -2.07. The first-order valence-electron chi connectivity index (χ1n) is 5.03. The second-order valence-corrected chi connectivity index (χ2v) is 3.75. The summed E-state index contributed by atoms with van der Waals surface area (Å²) in [4.78, 5) is 10.0. The first kappa shape index (κ1) is 12.7. The van der Waals surface area contributed by atoms with Crippen LogP contribution in [-0.2, 0) is 0 Å². The van der Waals surface area contributed by atoms with E-state index >= 15 is 0 Å². The number of anilines is 1. The number of non-ortho nitro benzene ring substituents is 1. The van der Waals surface area contributed by atoms with E-state index in [1.165, 1.54) is 12.1 Å². The summed E-state index contributed by atoms with van der Waals surface area (Å²) >= 11 is 5.89. The van der Waals surface area contributed by atoms with Crippen molar-refractivity contribution in [2.45, 2.75) is 12.8 Å². The van der Waals surface area contributed by atoms with Gasteiger partial charge in [0.15, 0.2) is 0 Å². The lowest BCUT2D eigenvalue weighted by Crippen LogP contribution is -2.06. The van der Waals surface area contributed by atoms with Gasteiger partial charge in [0.2, 0.25) is 0 Å². The van der Waals surface area contributed by atoms with E-state index in [-0.39, 0.29) is 5.69 Å². The van der Waals surface area contributed by atoms with Gasteiger partial charge in [-0.3, -0.25) is 10.1 Å². The van der Waals surface area contributed by atoms with Gasteiger partial charge in [0, 0.05) is 18.7 Å². The van der Waals surface area contributed by atoms with Crippen LogP contribution in [0.5, 0.6) is 0 Å². The molecule has 0 saturated heterocycles. The molecule has 0 aliphatic rings. The van der Waals surface area contributed by atoms with Crippen LogP contribution in [0.4, 0.5) is 11.4 Å². The first-order valence-corrected chi connectivity index (χ1v) is 5.41. The maximum atomic E-state index is 10.5. The zero-order chi connectivity index (χ0) is 12.0. The molecule has 88 valence electrons. The van der Waals surface area contributed by atoms with Crippen molar-refractivity contribution in [3.8, 4) is 0 Å². The molecule has 0 bridgehead atoms. The number of unbranched alkanes of at least 4 members (excludes halogenated alkanes) is 1. The third-order valence-corrected chi connectivity index (χ3v) is 2.42. The van der Waals surface area contributed by atoms with Crippen LogP contribution in [0.2, 0.25) is 5.02 Å². The van der Waals surface area contributed by atoms with Gasteiger partial charge in [-0.25, -0.2) is 0 Å². The maximum absolute atomic E-state index is 10.5. The highest BCUT2D eigenvalue weighted by Crippen LogP contribution is 2.26. The predicted octanol–water partition coefficient (Wildman–Crippen LogP) is 2.40. The molecule has 5 nitrogen and oxygen atoms in total. The lowest BCUT2D eigenvalue weighted by molar-refractivity contribution is -0.384.